The molecule has 0 heterocycles. The molecular weight excluding hydrogens is 687 g/mol. The van der Waals surface area contributed by atoms with Crippen LogP contribution in [0.15, 0.2) is 188 Å². The molecule has 1 nitrogen and oxygen atoms in total. The third kappa shape index (κ3) is 4.24. The highest BCUT2D eigenvalue weighted by Gasteiger charge is 2.52. The number of hydrogen-bond donors (Lipinski definition) is 0. The first-order valence-electron chi connectivity index (χ1n) is 20.3. The van der Waals surface area contributed by atoms with E-state index in [4.69, 9.17) is 0 Å². The number of anilines is 2. The van der Waals surface area contributed by atoms with Crippen LogP contribution in [0.5, 0.6) is 0 Å². The van der Waals surface area contributed by atoms with Gasteiger partial charge >= 0.3 is 0 Å². The summed E-state index contributed by atoms with van der Waals surface area (Å²) in [5.41, 5.74) is 25.4. The lowest BCUT2D eigenvalue weighted by Gasteiger charge is -2.34. The zero-order valence-electron chi connectivity index (χ0n) is 31.5. The van der Waals surface area contributed by atoms with Crippen LogP contribution in [0.4, 0.5) is 11.4 Å². The molecule has 4 aliphatic carbocycles. The summed E-state index contributed by atoms with van der Waals surface area (Å²) in [6.07, 6.45) is 1.95. The maximum absolute atomic E-state index is 2.60. The third-order valence-electron chi connectivity index (χ3n) is 13.6. The quantitative estimate of drug-likeness (QED) is 0.175. The van der Waals surface area contributed by atoms with Crippen molar-refractivity contribution in [2.75, 3.05) is 4.90 Å². The zero-order chi connectivity index (χ0) is 37.2. The van der Waals surface area contributed by atoms with E-state index in [0.29, 0.717) is 0 Å². The molecule has 0 aliphatic heterocycles. The van der Waals surface area contributed by atoms with Gasteiger partial charge in [0.05, 0.1) is 5.41 Å². The summed E-state index contributed by atoms with van der Waals surface area (Å²) in [6, 6.07) is 71.5. The Morgan fingerprint density at radius 3 is 1.67 bits per heavy atom. The standard InChI is InChI=1S/C56H37N/c1-2-13-36-32-54-51(31-35(36)12-1)48-20-8-10-23-53(48)56(54)52-22-9-7-19-47(52)49-21-11-16-40(55(49)56)34-57(42-26-27-46-41(30-42)29-38-15-3-5-17-44(38)46)43-25-24-39-28-37-14-4-6-18-45(37)50(39)33-43/h1-27,30-33H,28-29,34H2. The molecule has 0 radical (unpaired) electrons. The van der Waals surface area contributed by atoms with Gasteiger partial charge < -0.3 is 4.90 Å². The molecule has 1 heteroatoms. The van der Waals surface area contributed by atoms with Gasteiger partial charge in [0.25, 0.3) is 0 Å². The van der Waals surface area contributed by atoms with Crippen molar-refractivity contribution < 1.29 is 0 Å². The number of rotatable bonds is 4. The lowest BCUT2D eigenvalue weighted by molar-refractivity contribution is 0.774. The Morgan fingerprint density at radius 2 is 0.895 bits per heavy atom. The number of benzene rings is 9. The molecule has 0 amide bonds. The molecule has 1 spiro atoms. The van der Waals surface area contributed by atoms with Crippen molar-refractivity contribution in [2.45, 2.75) is 24.8 Å². The Kier molecular flexibility index (Phi) is 6.33. The lowest BCUT2D eigenvalue weighted by atomic mass is 9.69. The van der Waals surface area contributed by atoms with Crippen LogP contribution in [-0.4, -0.2) is 0 Å². The topological polar surface area (TPSA) is 3.24 Å². The van der Waals surface area contributed by atoms with Gasteiger partial charge in [0.15, 0.2) is 0 Å². The highest BCUT2D eigenvalue weighted by molar-refractivity contribution is 6.00. The largest absolute Gasteiger partial charge is 0.337 e. The van der Waals surface area contributed by atoms with Crippen LogP contribution >= 0.6 is 0 Å². The van der Waals surface area contributed by atoms with Gasteiger partial charge in [-0.15, -0.1) is 0 Å². The molecule has 0 fully saturated rings. The van der Waals surface area contributed by atoms with Crippen molar-refractivity contribution in [1.82, 2.24) is 0 Å². The van der Waals surface area contributed by atoms with Crippen LogP contribution in [0.3, 0.4) is 0 Å². The Morgan fingerprint density at radius 1 is 0.351 bits per heavy atom. The average Bonchev–Trinajstić information content (AvgIpc) is 3.99. The van der Waals surface area contributed by atoms with Crippen LogP contribution in [0.1, 0.15) is 50.1 Å². The molecule has 57 heavy (non-hydrogen) atoms. The minimum atomic E-state index is -0.444. The fourth-order valence-electron chi connectivity index (χ4n) is 11.2. The summed E-state index contributed by atoms with van der Waals surface area (Å²) in [5.74, 6) is 0. The maximum Gasteiger partial charge on any atom is 0.0729 e. The van der Waals surface area contributed by atoms with Crippen molar-refractivity contribution in [3.63, 3.8) is 0 Å². The minimum absolute atomic E-state index is 0.444. The van der Waals surface area contributed by atoms with Gasteiger partial charge in [-0.2, -0.15) is 0 Å². The van der Waals surface area contributed by atoms with Gasteiger partial charge in [0, 0.05) is 17.9 Å². The first kappa shape index (κ1) is 31.3. The summed E-state index contributed by atoms with van der Waals surface area (Å²) in [6.45, 7) is 0.732. The summed E-state index contributed by atoms with van der Waals surface area (Å²) in [4.78, 5) is 2.60. The molecule has 0 saturated heterocycles. The van der Waals surface area contributed by atoms with Crippen molar-refractivity contribution in [1.29, 1.82) is 0 Å². The molecule has 0 N–H and O–H groups in total. The van der Waals surface area contributed by atoms with Crippen molar-refractivity contribution >= 4 is 22.1 Å². The average molecular weight is 724 g/mol. The summed E-state index contributed by atoms with van der Waals surface area (Å²) in [7, 11) is 0. The van der Waals surface area contributed by atoms with Crippen molar-refractivity contribution in [2.24, 2.45) is 0 Å². The summed E-state index contributed by atoms with van der Waals surface area (Å²) in [5, 5.41) is 2.57. The fraction of sp³-hybridized carbons (Fsp3) is 0.0714. The van der Waals surface area contributed by atoms with Gasteiger partial charge in [-0.1, -0.05) is 152 Å². The van der Waals surface area contributed by atoms with E-state index in [-0.39, 0.29) is 0 Å². The molecule has 13 rings (SSSR count). The highest BCUT2D eigenvalue weighted by atomic mass is 15.1. The van der Waals surface area contributed by atoms with E-state index >= 15 is 0 Å². The summed E-state index contributed by atoms with van der Waals surface area (Å²) >= 11 is 0. The predicted octanol–water partition coefficient (Wildman–Crippen LogP) is 13.7. The molecule has 0 saturated carbocycles. The molecule has 0 aromatic heterocycles. The number of nitrogens with zero attached hydrogens (tertiary/aromatic N) is 1. The SMILES string of the molecule is c1ccc2c(c1)Cc1cc(N(Cc3cccc4c3C3(c5ccccc5-c5cc6ccccc6cc53)c3ccccc3-4)c3ccc4c(c3)-c3ccccc3C4)ccc1-2. The second-order valence-electron chi connectivity index (χ2n) is 16.4. The van der Waals surface area contributed by atoms with Gasteiger partial charge in [-0.3, -0.25) is 0 Å². The smallest absolute Gasteiger partial charge is 0.0729 e. The molecule has 9 aromatic rings. The van der Waals surface area contributed by atoms with E-state index in [1.165, 1.54) is 117 Å². The Labute approximate surface area is 333 Å². The molecule has 266 valence electrons. The fourth-order valence-corrected chi connectivity index (χ4v) is 11.2. The molecular formula is C56H37N. The van der Waals surface area contributed by atoms with Crippen LogP contribution in [0.2, 0.25) is 0 Å². The molecule has 4 aliphatic rings. The van der Waals surface area contributed by atoms with Gasteiger partial charge in [0.1, 0.15) is 0 Å². The first-order valence-corrected chi connectivity index (χ1v) is 20.3. The highest BCUT2D eigenvalue weighted by Crippen LogP contribution is 2.64. The van der Waals surface area contributed by atoms with E-state index < -0.39 is 5.41 Å². The Balaban J connectivity index is 1.05. The second-order valence-corrected chi connectivity index (χ2v) is 16.4. The molecule has 1 unspecified atom stereocenters. The number of hydrogen-bond acceptors (Lipinski definition) is 1. The van der Waals surface area contributed by atoms with E-state index in [1.54, 1.807) is 0 Å². The van der Waals surface area contributed by atoms with E-state index in [1.807, 2.05) is 0 Å². The van der Waals surface area contributed by atoms with Crippen molar-refractivity contribution in [3.8, 4) is 44.5 Å². The zero-order valence-corrected chi connectivity index (χ0v) is 31.5. The van der Waals surface area contributed by atoms with E-state index in [0.717, 1.165) is 19.4 Å². The minimum Gasteiger partial charge on any atom is -0.337 e. The normalized spacial score (nSPS) is 15.7. The summed E-state index contributed by atoms with van der Waals surface area (Å²) < 4.78 is 0. The lowest BCUT2D eigenvalue weighted by Crippen LogP contribution is -2.29. The van der Waals surface area contributed by atoms with Crippen LogP contribution in [0.25, 0.3) is 55.3 Å². The van der Waals surface area contributed by atoms with Crippen LogP contribution in [0, 0.1) is 0 Å². The Bertz CT molecular complexity index is 3180. The van der Waals surface area contributed by atoms with Crippen LogP contribution < -0.4 is 4.90 Å². The van der Waals surface area contributed by atoms with Gasteiger partial charge in [-0.05, 0) is 155 Å². The maximum atomic E-state index is 2.60. The van der Waals surface area contributed by atoms with Crippen molar-refractivity contribution in [3.05, 3.63) is 238 Å². The first-order chi connectivity index (χ1) is 28.2. The van der Waals surface area contributed by atoms with E-state index in [9.17, 15) is 0 Å². The predicted molar refractivity (Wildman–Crippen MR) is 235 cm³/mol. The third-order valence-corrected chi connectivity index (χ3v) is 13.6. The van der Waals surface area contributed by atoms with Crippen LogP contribution in [-0.2, 0) is 24.8 Å². The Hall–Kier alpha value is -6.96. The van der Waals surface area contributed by atoms with Gasteiger partial charge in [0.2, 0.25) is 0 Å². The monoisotopic (exact) mass is 723 g/mol. The second kappa shape index (κ2) is 11.5. The molecule has 9 aromatic carbocycles. The van der Waals surface area contributed by atoms with E-state index in [2.05, 4.69) is 193 Å². The molecule has 1 atom stereocenters. The van der Waals surface area contributed by atoms with Gasteiger partial charge in [-0.25, -0.2) is 0 Å². The number of fused-ring (bicyclic) bond motifs is 17. The molecule has 0 bridgehead atoms.